The Kier molecular flexibility index (Phi) is 4.99. The number of phenolic OH excluding ortho intramolecular Hbond substituents is 2. The van der Waals surface area contributed by atoms with Crippen LogP contribution in [-0.4, -0.2) is 16.2 Å². The van der Waals surface area contributed by atoms with Gasteiger partial charge in [0.05, 0.1) is 6.26 Å². The molecule has 0 aliphatic rings. The molecule has 18 heavy (non-hydrogen) atoms. The molecule has 1 aromatic rings. The SMILES string of the molecule is CC(C)C=COC(=O)/C=C\c1ccc(O)c(O)c1. The Hall–Kier alpha value is -2.23. The zero-order valence-corrected chi connectivity index (χ0v) is 10.3. The smallest absolute Gasteiger partial charge is 0.335 e. The van der Waals surface area contributed by atoms with E-state index >= 15 is 0 Å². The summed E-state index contributed by atoms with van der Waals surface area (Å²) in [6, 6.07) is 4.27. The predicted molar refractivity (Wildman–Crippen MR) is 68.9 cm³/mol. The molecular weight excluding hydrogens is 232 g/mol. The Bertz CT molecular complexity index is 473. The number of aromatic hydroxyl groups is 2. The first-order chi connectivity index (χ1) is 8.49. The van der Waals surface area contributed by atoms with Crippen LogP contribution in [-0.2, 0) is 9.53 Å². The second-order valence-corrected chi connectivity index (χ2v) is 4.09. The molecule has 0 saturated heterocycles. The van der Waals surface area contributed by atoms with E-state index in [2.05, 4.69) is 0 Å². The van der Waals surface area contributed by atoms with E-state index in [0.717, 1.165) is 0 Å². The second-order valence-electron chi connectivity index (χ2n) is 4.09. The van der Waals surface area contributed by atoms with Crippen molar-refractivity contribution in [2.75, 3.05) is 0 Å². The number of hydrogen-bond donors (Lipinski definition) is 2. The third-order valence-electron chi connectivity index (χ3n) is 2.06. The van der Waals surface area contributed by atoms with Gasteiger partial charge in [0.15, 0.2) is 11.5 Å². The Morgan fingerprint density at radius 1 is 1.28 bits per heavy atom. The first-order valence-corrected chi connectivity index (χ1v) is 5.56. The Labute approximate surface area is 106 Å². The normalized spacial score (nSPS) is 11.5. The number of ether oxygens (including phenoxy) is 1. The van der Waals surface area contributed by atoms with E-state index in [1.165, 1.54) is 30.5 Å². The molecule has 1 aromatic carbocycles. The minimum Gasteiger partial charge on any atom is -0.504 e. The maximum atomic E-state index is 11.3. The van der Waals surface area contributed by atoms with E-state index in [1.807, 2.05) is 13.8 Å². The van der Waals surface area contributed by atoms with Gasteiger partial charge in [-0.25, -0.2) is 4.79 Å². The van der Waals surface area contributed by atoms with Crippen LogP contribution in [0.3, 0.4) is 0 Å². The highest BCUT2D eigenvalue weighted by Crippen LogP contribution is 2.25. The minimum absolute atomic E-state index is 0.199. The molecule has 0 aromatic heterocycles. The van der Waals surface area contributed by atoms with Gasteiger partial charge in [-0.15, -0.1) is 0 Å². The first-order valence-electron chi connectivity index (χ1n) is 5.56. The van der Waals surface area contributed by atoms with Crippen molar-refractivity contribution < 1.29 is 19.7 Å². The first kappa shape index (κ1) is 13.8. The fourth-order valence-electron chi connectivity index (χ4n) is 1.11. The van der Waals surface area contributed by atoms with Crippen LogP contribution in [0, 0.1) is 5.92 Å². The van der Waals surface area contributed by atoms with Gasteiger partial charge >= 0.3 is 5.97 Å². The van der Waals surface area contributed by atoms with Crippen molar-refractivity contribution in [2.24, 2.45) is 5.92 Å². The molecule has 0 radical (unpaired) electrons. The van der Waals surface area contributed by atoms with E-state index in [4.69, 9.17) is 9.84 Å². The zero-order chi connectivity index (χ0) is 13.5. The molecule has 2 N–H and O–H groups in total. The molecule has 0 fully saturated rings. The summed E-state index contributed by atoms with van der Waals surface area (Å²) in [5, 5.41) is 18.4. The zero-order valence-electron chi connectivity index (χ0n) is 10.3. The molecular formula is C14H16O4. The number of benzene rings is 1. The van der Waals surface area contributed by atoms with Gasteiger partial charge in [-0.1, -0.05) is 19.9 Å². The van der Waals surface area contributed by atoms with Crippen molar-refractivity contribution in [1.29, 1.82) is 0 Å². The maximum Gasteiger partial charge on any atom is 0.335 e. The summed E-state index contributed by atoms with van der Waals surface area (Å²) >= 11 is 0. The van der Waals surface area contributed by atoms with Gasteiger partial charge in [0, 0.05) is 6.08 Å². The number of esters is 1. The maximum absolute atomic E-state index is 11.3. The largest absolute Gasteiger partial charge is 0.504 e. The summed E-state index contributed by atoms with van der Waals surface area (Å²) in [6.45, 7) is 3.94. The lowest BCUT2D eigenvalue weighted by Gasteiger charge is -1.98. The quantitative estimate of drug-likeness (QED) is 0.372. The highest BCUT2D eigenvalue weighted by atomic mass is 16.5. The number of carbonyl (C=O) groups is 1. The minimum atomic E-state index is -0.500. The molecule has 0 aliphatic heterocycles. The van der Waals surface area contributed by atoms with Gasteiger partial charge in [0.25, 0.3) is 0 Å². The Balaban J connectivity index is 2.58. The fourth-order valence-corrected chi connectivity index (χ4v) is 1.11. The van der Waals surface area contributed by atoms with Crippen molar-refractivity contribution in [3.05, 3.63) is 42.2 Å². The fraction of sp³-hybridized carbons (Fsp3) is 0.214. The molecule has 0 spiro atoms. The summed E-state index contributed by atoms with van der Waals surface area (Å²) < 4.78 is 4.81. The molecule has 0 heterocycles. The summed E-state index contributed by atoms with van der Waals surface area (Å²) in [6.07, 6.45) is 5.85. The van der Waals surface area contributed by atoms with E-state index in [1.54, 1.807) is 12.1 Å². The van der Waals surface area contributed by atoms with Crippen molar-refractivity contribution in [3.8, 4) is 11.5 Å². The van der Waals surface area contributed by atoms with Crippen molar-refractivity contribution >= 4 is 12.0 Å². The summed E-state index contributed by atoms with van der Waals surface area (Å²) in [5.41, 5.74) is 0.593. The Morgan fingerprint density at radius 3 is 2.61 bits per heavy atom. The van der Waals surface area contributed by atoms with Gasteiger partial charge < -0.3 is 14.9 Å². The van der Waals surface area contributed by atoms with Gasteiger partial charge in [0.1, 0.15) is 0 Å². The van der Waals surface area contributed by atoms with Crippen molar-refractivity contribution in [2.45, 2.75) is 13.8 Å². The third-order valence-corrected chi connectivity index (χ3v) is 2.06. The molecule has 1 rings (SSSR count). The van der Waals surface area contributed by atoms with Gasteiger partial charge in [-0.3, -0.25) is 0 Å². The molecule has 0 aliphatic carbocycles. The van der Waals surface area contributed by atoms with Crippen LogP contribution in [0.2, 0.25) is 0 Å². The molecule has 0 saturated carbocycles. The van der Waals surface area contributed by atoms with Crippen LogP contribution in [0.15, 0.2) is 36.6 Å². The molecule has 0 unspecified atom stereocenters. The predicted octanol–water partition coefficient (Wildman–Crippen LogP) is 2.82. The van der Waals surface area contributed by atoms with E-state index in [9.17, 15) is 9.90 Å². The van der Waals surface area contributed by atoms with E-state index in [0.29, 0.717) is 11.5 Å². The lowest BCUT2D eigenvalue weighted by molar-refractivity contribution is -0.132. The lowest BCUT2D eigenvalue weighted by Crippen LogP contribution is -1.94. The van der Waals surface area contributed by atoms with Crippen LogP contribution in [0.1, 0.15) is 19.4 Å². The molecule has 0 atom stereocenters. The van der Waals surface area contributed by atoms with Crippen LogP contribution in [0.4, 0.5) is 0 Å². The molecule has 4 heteroatoms. The van der Waals surface area contributed by atoms with Crippen molar-refractivity contribution in [1.82, 2.24) is 0 Å². The molecule has 4 nitrogen and oxygen atoms in total. The lowest BCUT2D eigenvalue weighted by atomic mass is 10.2. The van der Waals surface area contributed by atoms with E-state index < -0.39 is 5.97 Å². The number of rotatable bonds is 4. The molecule has 96 valence electrons. The standard InChI is InChI=1S/C14H16O4/c1-10(2)7-8-18-14(17)6-4-11-3-5-12(15)13(16)9-11/h3-10,15-16H,1-2H3/b6-4-,8-7?. The van der Waals surface area contributed by atoms with Crippen molar-refractivity contribution in [3.63, 3.8) is 0 Å². The highest BCUT2D eigenvalue weighted by molar-refractivity contribution is 5.87. The number of carbonyl (C=O) groups excluding carboxylic acids is 1. The highest BCUT2D eigenvalue weighted by Gasteiger charge is 1.99. The summed E-state index contributed by atoms with van der Waals surface area (Å²) in [5.74, 6) is -0.616. The monoisotopic (exact) mass is 248 g/mol. The topological polar surface area (TPSA) is 66.8 Å². The average Bonchev–Trinajstić information content (AvgIpc) is 2.30. The summed E-state index contributed by atoms with van der Waals surface area (Å²) in [7, 11) is 0. The molecule has 0 amide bonds. The average molecular weight is 248 g/mol. The number of hydrogen-bond acceptors (Lipinski definition) is 4. The van der Waals surface area contributed by atoms with Crippen LogP contribution in [0.25, 0.3) is 6.08 Å². The van der Waals surface area contributed by atoms with Crippen LogP contribution >= 0.6 is 0 Å². The van der Waals surface area contributed by atoms with Gasteiger partial charge in [0.2, 0.25) is 0 Å². The molecule has 0 bridgehead atoms. The second kappa shape index (κ2) is 6.49. The van der Waals surface area contributed by atoms with Crippen LogP contribution < -0.4 is 0 Å². The van der Waals surface area contributed by atoms with Gasteiger partial charge in [-0.05, 0) is 35.8 Å². The number of phenols is 2. The summed E-state index contributed by atoms with van der Waals surface area (Å²) in [4.78, 5) is 11.3. The third kappa shape index (κ3) is 4.74. The van der Waals surface area contributed by atoms with Gasteiger partial charge in [-0.2, -0.15) is 0 Å². The number of allylic oxidation sites excluding steroid dienone is 1. The van der Waals surface area contributed by atoms with Crippen LogP contribution in [0.5, 0.6) is 11.5 Å². The Morgan fingerprint density at radius 2 is 2.00 bits per heavy atom. The van der Waals surface area contributed by atoms with E-state index in [-0.39, 0.29) is 11.5 Å².